The molecule has 0 aliphatic carbocycles. The SMILES string of the molecule is CC1CC(C)N(c2nc(C(C)(C)C(=O)O)cs2)C1. The molecular formula is C13H20N2O2S. The molecule has 0 spiro atoms. The van der Waals surface area contributed by atoms with E-state index in [1.165, 1.54) is 6.42 Å². The molecule has 2 atom stereocenters. The van der Waals surface area contributed by atoms with E-state index in [1.807, 2.05) is 5.38 Å². The number of nitrogens with zero attached hydrogens (tertiary/aromatic N) is 2. The van der Waals surface area contributed by atoms with Crippen molar-refractivity contribution >= 4 is 22.4 Å². The molecule has 0 amide bonds. The number of aliphatic carboxylic acids is 1. The summed E-state index contributed by atoms with van der Waals surface area (Å²) in [5.41, 5.74) is -0.259. The molecule has 2 unspecified atom stereocenters. The molecule has 1 aliphatic heterocycles. The normalized spacial score (nSPS) is 24.6. The van der Waals surface area contributed by atoms with Crippen LogP contribution in [0.3, 0.4) is 0 Å². The topological polar surface area (TPSA) is 53.4 Å². The largest absolute Gasteiger partial charge is 0.481 e. The van der Waals surface area contributed by atoms with E-state index >= 15 is 0 Å². The molecular weight excluding hydrogens is 248 g/mol. The van der Waals surface area contributed by atoms with Crippen LogP contribution in [-0.4, -0.2) is 28.6 Å². The van der Waals surface area contributed by atoms with Crippen LogP contribution in [-0.2, 0) is 10.2 Å². The first-order valence-electron chi connectivity index (χ1n) is 6.28. The third-order valence-corrected chi connectivity index (χ3v) is 4.57. The predicted molar refractivity (Wildman–Crippen MR) is 73.4 cm³/mol. The molecule has 18 heavy (non-hydrogen) atoms. The molecule has 1 aliphatic rings. The summed E-state index contributed by atoms with van der Waals surface area (Å²) in [6.45, 7) is 8.86. The third-order valence-electron chi connectivity index (χ3n) is 3.70. The van der Waals surface area contributed by atoms with Gasteiger partial charge in [-0.25, -0.2) is 4.98 Å². The number of hydrogen-bond acceptors (Lipinski definition) is 4. The highest BCUT2D eigenvalue weighted by atomic mass is 32.1. The van der Waals surface area contributed by atoms with Gasteiger partial charge in [-0.1, -0.05) is 6.92 Å². The molecule has 2 heterocycles. The molecule has 4 nitrogen and oxygen atoms in total. The maximum atomic E-state index is 11.2. The van der Waals surface area contributed by atoms with Crippen LogP contribution in [0.2, 0.25) is 0 Å². The van der Waals surface area contributed by atoms with E-state index in [0.717, 1.165) is 11.7 Å². The van der Waals surface area contributed by atoms with Gasteiger partial charge in [-0.15, -0.1) is 11.3 Å². The maximum absolute atomic E-state index is 11.2. The van der Waals surface area contributed by atoms with Crippen molar-refractivity contribution in [3.63, 3.8) is 0 Å². The Morgan fingerprint density at radius 2 is 2.22 bits per heavy atom. The summed E-state index contributed by atoms with van der Waals surface area (Å²) in [5.74, 6) is -0.151. The van der Waals surface area contributed by atoms with Crippen LogP contribution in [0, 0.1) is 5.92 Å². The standard InChI is InChI=1S/C13H20N2O2S/c1-8-5-9(2)15(6-8)12-14-10(7-18-12)13(3,4)11(16)17/h7-9H,5-6H2,1-4H3,(H,16,17). The average molecular weight is 268 g/mol. The Morgan fingerprint density at radius 3 is 2.72 bits per heavy atom. The molecule has 1 aromatic heterocycles. The number of aromatic nitrogens is 1. The molecule has 1 saturated heterocycles. The maximum Gasteiger partial charge on any atom is 0.315 e. The average Bonchev–Trinajstić information content (AvgIpc) is 2.84. The van der Waals surface area contributed by atoms with Gasteiger partial charge >= 0.3 is 5.97 Å². The monoisotopic (exact) mass is 268 g/mol. The zero-order valence-electron chi connectivity index (χ0n) is 11.3. The Bertz CT molecular complexity index is 456. The second kappa shape index (κ2) is 4.53. The first-order valence-corrected chi connectivity index (χ1v) is 7.16. The van der Waals surface area contributed by atoms with Gasteiger partial charge in [0.25, 0.3) is 0 Å². The van der Waals surface area contributed by atoms with Crippen LogP contribution in [0.4, 0.5) is 5.13 Å². The number of carboxylic acids is 1. The molecule has 1 N–H and O–H groups in total. The fourth-order valence-electron chi connectivity index (χ4n) is 2.36. The molecule has 100 valence electrons. The van der Waals surface area contributed by atoms with Crippen molar-refractivity contribution in [1.82, 2.24) is 4.98 Å². The van der Waals surface area contributed by atoms with Crippen molar-refractivity contribution in [2.75, 3.05) is 11.4 Å². The van der Waals surface area contributed by atoms with E-state index in [0.29, 0.717) is 17.7 Å². The third kappa shape index (κ3) is 2.23. The van der Waals surface area contributed by atoms with Gasteiger partial charge in [-0.3, -0.25) is 4.79 Å². The quantitative estimate of drug-likeness (QED) is 0.916. The zero-order valence-corrected chi connectivity index (χ0v) is 12.1. The van der Waals surface area contributed by atoms with Crippen molar-refractivity contribution in [2.45, 2.75) is 45.6 Å². The molecule has 2 rings (SSSR count). The Balaban J connectivity index is 2.23. The van der Waals surface area contributed by atoms with Gasteiger partial charge in [0.15, 0.2) is 5.13 Å². The summed E-state index contributed by atoms with van der Waals surface area (Å²) in [4.78, 5) is 18.0. The number of carboxylic acid groups (broad SMARTS) is 1. The van der Waals surface area contributed by atoms with Crippen molar-refractivity contribution in [3.05, 3.63) is 11.1 Å². The van der Waals surface area contributed by atoms with Crippen molar-refractivity contribution < 1.29 is 9.90 Å². The minimum atomic E-state index is -0.913. The highest BCUT2D eigenvalue weighted by molar-refractivity contribution is 7.13. The molecule has 0 saturated carbocycles. The molecule has 0 bridgehead atoms. The summed E-state index contributed by atoms with van der Waals surface area (Å²) in [5, 5.41) is 12.0. The molecule has 0 aromatic carbocycles. The van der Waals surface area contributed by atoms with Crippen LogP contribution in [0.15, 0.2) is 5.38 Å². The van der Waals surface area contributed by atoms with Crippen molar-refractivity contribution in [3.8, 4) is 0 Å². The molecule has 1 fully saturated rings. The number of anilines is 1. The van der Waals surface area contributed by atoms with Crippen molar-refractivity contribution in [1.29, 1.82) is 0 Å². The second-order valence-electron chi connectivity index (χ2n) is 5.79. The van der Waals surface area contributed by atoms with Gasteiger partial charge in [-0.2, -0.15) is 0 Å². The Hall–Kier alpha value is -1.10. The van der Waals surface area contributed by atoms with Gasteiger partial charge in [0.05, 0.1) is 5.69 Å². The number of thiazole rings is 1. The van der Waals surface area contributed by atoms with E-state index in [1.54, 1.807) is 25.2 Å². The van der Waals surface area contributed by atoms with E-state index in [4.69, 9.17) is 0 Å². The van der Waals surface area contributed by atoms with Crippen LogP contribution >= 0.6 is 11.3 Å². The smallest absolute Gasteiger partial charge is 0.315 e. The summed E-state index contributed by atoms with van der Waals surface area (Å²) < 4.78 is 0. The zero-order chi connectivity index (χ0) is 13.5. The highest BCUT2D eigenvalue weighted by Gasteiger charge is 2.34. The predicted octanol–water partition coefficient (Wildman–Crippen LogP) is 2.74. The van der Waals surface area contributed by atoms with Crippen LogP contribution in [0.1, 0.15) is 39.8 Å². The lowest BCUT2D eigenvalue weighted by Gasteiger charge is -2.21. The van der Waals surface area contributed by atoms with Crippen LogP contribution < -0.4 is 4.90 Å². The van der Waals surface area contributed by atoms with Gasteiger partial charge < -0.3 is 10.0 Å². The lowest BCUT2D eigenvalue weighted by Crippen LogP contribution is -2.30. The van der Waals surface area contributed by atoms with Gasteiger partial charge in [0.2, 0.25) is 0 Å². The number of rotatable bonds is 3. The van der Waals surface area contributed by atoms with Gasteiger partial charge in [0, 0.05) is 18.0 Å². The first-order chi connectivity index (χ1) is 8.32. The molecule has 0 radical (unpaired) electrons. The second-order valence-corrected chi connectivity index (χ2v) is 6.62. The highest BCUT2D eigenvalue weighted by Crippen LogP contribution is 2.34. The number of hydrogen-bond donors (Lipinski definition) is 1. The van der Waals surface area contributed by atoms with E-state index in [-0.39, 0.29) is 0 Å². The van der Waals surface area contributed by atoms with E-state index in [2.05, 4.69) is 23.7 Å². The lowest BCUT2D eigenvalue weighted by atomic mass is 9.90. The van der Waals surface area contributed by atoms with E-state index < -0.39 is 11.4 Å². The summed E-state index contributed by atoms with van der Waals surface area (Å²) in [6, 6.07) is 0.493. The Labute approximate surface area is 112 Å². The first kappa shape index (κ1) is 13.3. The van der Waals surface area contributed by atoms with Crippen LogP contribution in [0.5, 0.6) is 0 Å². The summed E-state index contributed by atoms with van der Waals surface area (Å²) in [7, 11) is 0. The van der Waals surface area contributed by atoms with Gasteiger partial charge in [0.1, 0.15) is 5.41 Å². The molecule has 5 heteroatoms. The van der Waals surface area contributed by atoms with Crippen LogP contribution in [0.25, 0.3) is 0 Å². The van der Waals surface area contributed by atoms with E-state index in [9.17, 15) is 9.90 Å². The minimum absolute atomic E-state index is 0.493. The molecule has 1 aromatic rings. The fourth-order valence-corrected chi connectivity index (χ4v) is 3.46. The Morgan fingerprint density at radius 1 is 1.56 bits per heavy atom. The minimum Gasteiger partial charge on any atom is -0.481 e. The Kier molecular flexibility index (Phi) is 3.36. The fraction of sp³-hybridized carbons (Fsp3) is 0.692. The number of carbonyl (C=O) groups is 1. The summed E-state index contributed by atoms with van der Waals surface area (Å²) in [6.07, 6.45) is 1.18. The lowest BCUT2D eigenvalue weighted by molar-refractivity contribution is -0.142. The van der Waals surface area contributed by atoms with Gasteiger partial charge in [-0.05, 0) is 33.1 Å². The summed E-state index contributed by atoms with van der Waals surface area (Å²) >= 11 is 1.55. The van der Waals surface area contributed by atoms with Crippen molar-refractivity contribution in [2.24, 2.45) is 5.92 Å².